The van der Waals surface area contributed by atoms with Crippen molar-refractivity contribution in [1.82, 2.24) is 14.1 Å². The van der Waals surface area contributed by atoms with Gasteiger partial charge in [0.1, 0.15) is 0 Å². The van der Waals surface area contributed by atoms with Crippen molar-refractivity contribution in [2.45, 2.75) is 0 Å². The third-order valence-electron chi connectivity index (χ3n) is 2.63. The Balaban J connectivity index is 3.09. The molecule has 0 saturated carbocycles. The molecule has 0 fully saturated rings. The van der Waals surface area contributed by atoms with E-state index in [-0.39, 0.29) is 11.0 Å². The van der Waals surface area contributed by atoms with Crippen LogP contribution in [-0.2, 0) is 14.1 Å². The van der Waals surface area contributed by atoms with E-state index in [1.54, 1.807) is 0 Å². The van der Waals surface area contributed by atoms with Crippen LogP contribution in [0.1, 0.15) is 10.5 Å². The van der Waals surface area contributed by atoms with Gasteiger partial charge in [-0.1, -0.05) is 0 Å². The Hall–Kier alpha value is -2.64. The van der Waals surface area contributed by atoms with Crippen molar-refractivity contribution in [2.75, 3.05) is 0 Å². The maximum absolute atomic E-state index is 11.8. The maximum Gasteiger partial charge on any atom is 0.358 e. The van der Waals surface area contributed by atoms with E-state index < -0.39 is 28.7 Å². The number of rotatable bonds is 1. The van der Waals surface area contributed by atoms with Crippen molar-refractivity contribution in [3.05, 3.63) is 32.6 Å². The largest absolute Gasteiger partial charge is 0.505 e. The molecule has 2 aromatic heterocycles. The van der Waals surface area contributed by atoms with E-state index in [0.717, 1.165) is 15.2 Å². The van der Waals surface area contributed by atoms with E-state index in [0.29, 0.717) is 0 Å². The van der Waals surface area contributed by atoms with Crippen molar-refractivity contribution in [2.24, 2.45) is 14.1 Å². The van der Waals surface area contributed by atoms with Gasteiger partial charge in [0.2, 0.25) is 0 Å². The van der Waals surface area contributed by atoms with Crippen molar-refractivity contribution in [3.8, 4) is 5.75 Å². The molecule has 0 radical (unpaired) electrons. The van der Waals surface area contributed by atoms with Gasteiger partial charge in [0, 0.05) is 20.2 Å². The van der Waals surface area contributed by atoms with E-state index in [1.165, 1.54) is 14.1 Å². The Morgan fingerprint density at radius 1 is 1.28 bits per heavy atom. The number of aryl methyl sites for hydroxylation is 1. The summed E-state index contributed by atoms with van der Waals surface area (Å²) in [7, 11) is 2.66. The molecule has 18 heavy (non-hydrogen) atoms. The Kier molecular flexibility index (Phi) is 2.43. The second kappa shape index (κ2) is 3.69. The van der Waals surface area contributed by atoms with Crippen LogP contribution in [0, 0.1) is 0 Å². The first-order valence-corrected chi connectivity index (χ1v) is 4.87. The number of aromatic nitrogens is 3. The second-order valence-corrected chi connectivity index (χ2v) is 3.73. The SMILES string of the molecule is Cn1c(=O)c2nc(C(=O)O)c(O)cc2n(C)c1=O. The highest BCUT2D eigenvalue weighted by atomic mass is 16.4. The van der Waals surface area contributed by atoms with Gasteiger partial charge >= 0.3 is 11.7 Å². The molecule has 0 amide bonds. The fraction of sp³-hybridized carbons (Fsp3) is 0.200. The van der Waals surface area contributed by atoms with Crippen LogP contribution in [0.25, 0.3) is 11.0 Å². The molecular formula is C10H9N3O5. The van der Waals surface area contributed by atoms with Crippen LogP contribution in [0.2, 0.25) is 0 Å². The summed E-state index contributed by atoms with van der Waals surface area (Å²) in [6.45, 7) is 0. The van der Waals surface area contributed by atoms with E-state index in [1.807, 2.05) is 0 Å². The molecule has 94 valence electrons. The average Bonchev–Trinajstić information content (AvgIpc) is 2.33. The van der Waals surface area contributed by atoms with Crippen molar-refractivity contribution in [3.63, 3.8) is 0 Å². The molecule has 2 aromatic rings. The highest BCUT2D eigenvalue weighted by Gasteiger charge is 2.17. The maximum atomic E-state index is 11.8. The van der Waals surface area contributed by atoms with Crippen LogP contribution >= 0.6 is 0 Å². The van der Waals surface area contributed by atoms with Gasteiger partial charge in [-0.05, 0) is 0 Å². The number of carboxylic acid groups (broad SMARTS) is 1. The zero-order chi connectivity index (χ0) is 13.6. The van der Waals surface area contributed by atoms with Gasteiger partial charge in [-0.15, -0.1) is 0 Å². The summed E-state index contributed by atoms with van der Waals surface area (Å²) in [6.07, 6.45) is 0. The summed E-state index contributed by atoms with van der Waals surface area (Å²) in [4.78, 5) is 37.8. The topological polar surface area (TPSA) is 114 Å². The summed E-state index contributed by atoms with van der Waals surface area (Å²) in [5.41, 5.74) is -2.04. The van der Waals surface area contributed by atoms with Crippen LogP contribution in [-0.4, -0.2) is 30.3 Å². The number of nitrogens with zero attached hydrogens (tertiary/aromatic N) is 3. The first kappa shape index (κ1) is 11.8. The summed E-state index contributed by atoms with van der Waals surface area (Å²) in [5, 5.41) is 18.3. The van der Waals surface area contributed by atoms with Crippen LogP contribution < -0.4 is 11.2 Å². The monoisotopic (exact) mass is 251 g/mol. The summed E-state index contributed by atoms with van der Waals surface area (Å²) < 4.78 is 1.92. The summed E-state index contributed by atoms with van der Waals surface area (Å²) in [5.74, 6) is -2.05. The van der Waals surface area contributed by atoms with Crippen LogP contribution in [0.5, 0.6) is 5.75 Å². The second-order valence-electron chi connectivity index (χ2n) is 3.73. The van der Waals surface area contributed by atoms with E-state index in [2.05, 4.69) is 4.98 Å². The number of fused-ring (bicyclic) bond motifs is 1. The first-order chi connectivity index (χ1) is 8.34. The van der Waals surface area contributed by atoms with Crippen molar-refractivity contribution >= 4 is 17.0 Å². The van der Waals surface area contributed by atoms with E-state index in [9.17, 15) is 19.5 Å². The van der Waals surface area contributed by atoms with Gasteiger partial charge < -0.3 is 10.2 Å². The predicted molar refractivity (Wildman–Crippen MR) is 60.8 cm³/mol. The van der Waals surface area contributed by atoms with Gasteiger partial charge in [-0.2, -0.15) is 0 Å². The molecule has 0 bridgehead atoms. The summed E-state index contributed by atoms with van der Waals surface area (Å²) in [6, 6.07) is 1.04. The molecule has 0 atom stereocenters. The molecule has 2 heterocycles. The number of carboxylic acids is 1. The number of hydrogen-bond acceptors (Lipinski definition) is 5. The van der Waals surface area contributed by atoms with Crippen LogP contribution in [0.3, 0.4) is 0 Å². The lowest BCUT2D eigenvalue weighted by Crippen LogP contribution is -2.37. The molecule has 2 rings (SSSR count). The minimum Gasteiger partial charge on any atom is -0.505 e. The minimum absolute atomic E-state index is 0.0746. The van der Waals surface area contributed by atoms with E-state index >= 15 is 0 Å². The number of aromatic hydroxyl groups is 1. The van der Waals surface area contributed by atoms with Crippen LogP contribution in [0.15, 0.2) is 15.7 Å². The molecule has 0 saturated heterocycles. The Morgan fingerprint density at radius 3 is 2.44 bits per heavy atom. The molecule has 0 aliphatic rings. The molecular weight excluding hydrogens is 242 g/mol. The summed E-state index contributed by atoms with van der Waals surface area (Å²) >= 11 is 0. The molecule has 0 aliphatic carbocycles. The molecule has 2 N–H and O–H groups in total. The highest BCUT2D eigenvalue weighted by molar-refractivity contribution is 5.92. The number of carbonyl (C=O) groups is 1. The normalized spacial score (nSPS) is 10.8. The fourth-order valence-electron chi connectivity index (χ4n) is 1.64. The number of aromatic carboxylic acids is 1. The van der Waals surface area contributed by atoms with Crippen LogP contribution in [0.4, 0.5) is 0 Å². The predicted octanol–water partition coefficient (Wildman–Crippen LogP) is -0.964. The van der Waals surface area contributed by atoms with Gasteiger partial charge in [0.05, 0.1) is 5.52 Å². The lowest BCUT2D eigenvalue weighted by Gasteiger charge is -2.08. The van der Waals surface area contributed by atoms with E-state index in [4.69, 9.17) is 5.11 Å². The smallest absolute Gasteiger partial charge is 0.358 e. The highest BCUT2D eigenvalue weighted by Crippen LogP contribution is 2.18. The molecule has 0 spiro atoms. The third-order valence-corrected chi connectivity index (χ3v) is 2.63. The Labute approximate surface area is 99.4 Å². The molecule has 8 heteroatoms. The Morgan fingerprint density at radius 2 is 1.89 bits per heavy atom. The van der Waals surface area contributed by atoms with Gasteiger partial charge in [0.15, 0.2) is 17.0 Å². The van der Waals surface area contributed by atoms with Crippen molar-refractivity contribution in [1.29, 1.82) is 0 Å². The quantitative estimate of drug-likeness (QED) is 0.674. The number of hydrogen-bond donors (Lipinski definition) is 2. The number of pyridine rings is 1. The lowest BCUT2D eigenvalue weighted by molar-refractivity contribution is 0.0687. The zero-order valence-electron chi connectivity index (χ0n) is 9.54. The first-order valence-electron chi connectivity index (χ1n) is 4.87. The minimum atomic E-state index is -1.45. The zero-order valence-corrected chi connectivity index (χ0v) is 9.54. The van der Waals surface area contributed by atoms with Gasteiger partial charge in [0.25, 0.3) is 5.56 Å². The van der Waals surface area contributed by atoms with Gasteiger partial charge in [-0.25, -0.2) is 14.6 Å². The standard InChI is InChI=1S/C10H9N3O5/c1-12-4-3-5(14)7(9(16)17)11-6(4)8(15)13(2)10(12)18/h3,14H,1-2H3,(H,16,17). The Bertz CT molecular complexity index is 787. The molecule has 0 aromatic carbocycles. The lowest BCUT2D eigenvalue weighted by atomic mass is 10.2. The molecule has 8 nitrogen and oxygen atoms in total. The van der Waals surface area contributed by atoms with Gasteiger partial charge in [-0.3, -0.25) is 13.9 Å². The fourth-order valence-corrected chi connectivity index (χ4v) is 1.64. The third kappa shape index (κ3) is 1.46. The molecule has 0 unspecified atom stereocenters. The molecule has 0 aliphatic heterocycles. The average molecular weight is 251 g/mol. The van der Waals surface area contributed by atoms with Crippen molar-refractivity contribution < 1.29 is 15.0 Å².